The van der Waals surface area contributed by atoms with E-state index in [1.54, 1.807) is 6.20 Å². The van der Waals surface area contributed by atoms with Gasteiger partial charge in [-0.1, -0.05) is 41.9 Å². The van der Waals surface area contributed by atoms with Gasteiger partial charge in [0.2, 0.25) is 0 Å². The summed E-state index contributed by atoms with van der Waals surface area (Å²) in [5.74, 6) is 0.805. The molecule has 0 fully saturated rings. The molecule has 21 heavy (non-hydrogen) atoms. The van der Waals surface area contributed by atoms with E-state index in [9.17, 15) is 0 Å². The maximum Gasteiger partial charge on any atom is 0.130 e. The third kappa shape index (κ3) is 2.99. The summed E-state index contributed by atoms with van der Waals surface area (Å²) >= 11 is 6.20. The number of rotatable bonds is 4. The molecule has 0 amide bonds. The monoisotopic (exact) mass is 298 g/mol. The van der Waals surface area contributed by atoms with Crippen molar-refractivity contribution in [3.05, 3.63) is 71.0 Å². The lowest BCUT2D eigenvalue weighted by Crippen LogP contribution is -2.01. The van der Waals surface area contributed by atoms with E-state index in [0.29, 0.717) is 13.2 Å². The SMILES string of the molecule is NCc1ccc(COc2ccc(Cl)c3ccccc23)nc1. The number of pyridine rings is 1. The maximum atomic E-state index is 6.20. The molecular weight excluding hydrogens is 284 g/mol. The summed E-state index contributed by atoms with van der Waals surface area (Å²) in [6, 6.07) is 15.6. The molecule has 1 heterocycles. The van der Waals surface area contributed by atoms with Gasteiger partial charge < -0.3 is 10.5 Å². The van der Waals surface area contributed by atoms with E-state index in [0.717, 1.165) is 32.8 Å². The highest BCUT2D eigenvalue weighted by Gasteiger charge is 2.06. The van der Waals surface area contributed by atoms with Crippen LogP contribution in [-0.4, -0.2) is 4.98 Å². The molecule has 2 aromatic carbocycles. The van der Waals surface area contributed by atoms with Crippen LogP contribution in [0.15, 0.2) is 54.7 Å². The van der Waals surface area contributed by atoms with Crippen LogP contribution in [0.25, 0.3) is 10.8 Å². The van der Waals surface area contributed by atoms with Gasteiger partial charge >= 0.3 is 0 Å². The molecule has 0 aliphatic heterocycles. The molecule has 3 rings (SSSR count). The van der Waals surface area contributed by atoms with Gasteiger partial charge in [-0.15, -0.1) is 0 Å². The van der Waals surface area contributed by atoms with Gasteiger partial charge in [0.1, 0.15) is 12.4 Å². The van der Waals surface area contributed by atoms with Gasteiger partial charge in [0, 0.05) is 28.5 Å². The molecule has 0 atom stereocenters. The molecule has 0 aliphatic carbocycles. The molecule has 3 aromatic rings. The van der Waals surface area contributed by atoms with Crippen molar-refractivity contribution in [3.63, 3.8) is 0 Å². The van der Waals surface area contributed by atoms with Gasteiger partial charge in [-0.2, -0.15) is 0 Å². The Hall–Kier alpha value is -2.10. The van der Waals surface area contributed by atoms with Crippen molar-refractivity contribution >= 4 is 22.4 Å². The van der Waals surface area contributed by atoms with Crippen molar-refractivity contribution in [1.29, 1.82) is 0 Å². The van der Waals surface area contributed by atoms with Gasteiger partial charge in [-0.3, -0.25) is 4.98 Å². The highest BCUT2D eigenvalue weighted by molar-refractivity contribution is 6.35. The lowest BCUT2D eigenvalue weighted by atomic mass is 10.1. The first-order valence-electron chi connectivity index (χ1n) is 6.72. The van der Waals surface area contributed by atoms with Crippen LogP contribution in [0, 0.1) is 0 Å². The quantitative estimate of drug-likeness (QED) is 0.794. The van der Waals surface area contributed by atoms with E-state index in [4.69, 9.17) is 22.1 Å². The van der Waals surface area contributed by atoms with E-state index in [1.165, 1.54) is 0 Å². The minimum Gasteiger partial charge on any atom is -0.487 e. The zero-order valence-corrected chi connectivity index (χ0v) is 12.2. The zero-order valence-electron chi connectivity index (χ0n) is 11.4. The van der Waals surface area contributed by atoms with Gasteiger partial charge in [0.15, 0.2) is 0 Å². The smallest absolute Gasteiger partial charge is 0.130 e. The normalized spacial score (nSPS) is 10.8. The number of halogens is 1. The van der Waals surface area contributed by atoms with E-state index in [1.807, 2.05) is 48.5 Å². The van der Waals surface area contributed by atoms with Crippen LogP contribution < -0.4 is 10.5 Å². The summed E-state index contributed by atoms with van der Waals surface area (Å²) in [6.45, 7) is 0.909. The molecule has 1 aromatic heterocycles. The van der Waals surface area contributed by atoms with Crippen LogP contribution in [0.4, 0.5) is 0 Å². The van der Waals surface area contributed by atoms with Crippen LogP contribution in [0.5, 0.6) is 5.75 Å². The summed E-state index contributed by atoms with van der Waals surface area (Å²) in [7, 11) is 0. The summed E-state index contributed by atoms with van der Waals surface area (Å²) in [5.41, 5.74) is 7.43. The third-order valence-corrected chi connectivity index (χ3v) is 3.66. The number of hydrogen-bond acceptors (Lipinski definition) is 3. The number of fused-ring (bicyclic) bond motifs is 1. The average molecular weight is 299 g/mol. The van der Waals surface area contributed by atoms with Gasteiger partial charge in [0.05, 0.1) is 5.69 Å². The fourth-order valence-electron chi connectivity index (χ4n) is 2.17. The molecule has 2 N–H and O–H groups in total. The highest BCUT2D eigenvalue weighted by atomic mass is 35.5. The van der Waals surface area contributed by atoms with E-state index >= 15 is 0 Å². The first-order valence-corrected chi connectivity index (χ1v) is 7.09. The molecule has 0 unspecified atom stereocenters. The summed E-state index contributed by atoms with van der Waals surface area (Å²) < 4.78 is 5.88. The third-order valence-electron chi connectivity index (χ3n) is 3.33. The van der Waals surface area contributed by atoms with E-state index in [-0.39, 0.29) is 0 Å². The van der Waals surface area contributed by atoms with Gasteiger partial charge in [-0.25, -0.2) is 0 Å². The molecule has 0 spiro atoms. The van der Waals surface area contributed by atoms with Crippen LogP contribution in [0.3, 0.4) is 0 Å². The predicted molar refractivity (Wildman–Crippen MR) is 85.4 cm³/mol. The molecule has 0 saturated carbocycles. The van der Waals surface area contributed by atoms with Gasteiger partial charge in [0.25, 0.3) is 0 Å². The Morgan fingerprint density at radius 3 is 2.52 bits per heavy atom. The lowest BCUT2D eigenvalue weighted by molar-refractivity contribution is 0.305. The summed E-state index contributed by atoms with van der Waals surface area (Å²) in [4.78, 5) is 4.33. The molecule has 3 nitrogen and oxygen atoms in total. The predicted octanol–water partition coefficient (Wildman–Crippen LogP) is 3.93. The van der Waals surface area contributed by atoms with Crippen molar-refractivity contribution in [3.8, 4) is 5.75 Å². The Bertz CT molecular complexity index is 756. The van der Waals surface area contributed by atoms with Crippen molar-refractivity contribution in [2.75, 3.05) is 0 Å². The Labute approximate surface area is 128 Å². The number of nitrogens with two attached hydrogens (primary N) is 1. The van der Waals surface area contributed by atoms with Crippen LogP contribution in [0.2, 0.25) is 5.02 Å². The largest absolute Gasteiger partial charge is 0.487 e. The van der Waals surface area contributed by atoms with Crippen molar-refractivity contribution < 1.29 is 4.74 Å². The molecule has 0 bridgehead atoms. The van der Waals surface area contributed by atoms with Crippen LogP contribution in [0.1, 0.15) is 11.3 Å². The summed E-state index contributed by atoms with van der Waals surface area (Å²) in [6.07, 6.45) is 1.78. The van der Waals surface area contributed by atoms with Crippen molar-refractivity contribution in [2.24, 2.45) is 5.73 Å². The molecule has 0 radical (unpaired) electrons. The standard InChI is InChI=1S/C17H15ClN2O/c18-16-7-8-17(15-4-2-1-3-14(15)16)21-11-13-6-5-12(9-19)10-20-13/h1-8,10H,9,11,19H2. The minimum absolute atomic E-state index is 0.413. The second-order valence-electron chi connectivity index (χ2n) is 4.74. The average Bonchev–Trinajstić information content (AvgIpc) is 2.55. The second kappa shape index (κ2) is 6.12. The number of ether oxygens (including phenoxy) is 1. The topological polar surface area (TPSA) is 48.1 Å². The first kappa shape index (κ1) is 13.9. The molecule has 0 aliphatic rings. The Balaban J connectivity index is 1.83. The molecule has 0 saturated heterocycles. The van der Waals surface area contributed by atoms with Crippen molar-refractivity contribution in [1.82, 2.24) is 4.98 Å². The zero-order chi connectivity index (χ0) is 14.7. The number of aromatic nitrogens is 1. The maximum absolute atomic E-state index is 6.20. The summed E-state index contributed by atoms with van der Waals surface area (Å²) in [5, 5.41) is 2.72. The number of hydrogen-bond donors (Lipinski definition) is 1. The Morgan fingerprint density at radius 1 is 1.00 bits per heavy atom. The van der Waals surface area contributed by atoms with Crippen LogP contribution in [-0.2, 0) is 13.2 Å². The first-order chi connectivity index (χ1) is 10.3. The van der Waals surface area contributed by atoms with E-state index < -0.39 is 0 Å². The number of nitrogens with zero attached hydrogens (tertiary/aromatic N) is 1. The minimum atomic E-state index is 0.413. The number of benzene rings is 2. The fraction of sp³-hybridized carbons (Fsp3) is 0.118. The fourth-order valence-corrected chi connectivity index (χ4v) is 2.40. The molecular formula is C17H15ClN2O. The second-order valence-corrected chi connectivity index (χ2v) is 5.15. The van der Waals surface area contributed by atoms with Gasteiger partial charge in [-0.05, 0) is 23.8 Å². The molecule has 106 valence electrons. The van der Waals surface area contributed by atoms with E-state index in [2.05, 4.69) is 4.98 Å². The highest BCUT2D eigenvalue weighted by Crippen LogP contribution is 2.31. The molecule has 4 heteroatoms. The van der Waals surface area contributed by atoms with Crippen LogP contribution >= 0.6 is 11.6 Å². The Morgan fingerprint density at radius 2 is 1.81 bits per heavy atom. The lowest BCUT2D eigenvalue weighted by Gasteiger charge is -2.10. The van der Waals surface area contributed by atoms with Crippen molar-refractivity contribution in [2.45, 2.75) is 13.2 Å². The Kier molecular flexibility index (Phi) is 4.04.